The van der Waals surface area contributed by atoms with Gasteiger partial charge in [0, 0.05) is 50.8 Å². The Balaban J connectivity index is 0.851. The van der Waals surface area contributed by atoms with Crippen LogP contribution in [0.15, 0.2) is 273 Å². The molecule has 2 aliphatic rings. The van der Waals surface area contributed by atoms with Crippen LogP contribution in [0.1, 0.15) is 11.5 Å². The molecule has 10 aromatic carbocycles. The van der Waals surface area contributed by atoms with Crippen LogP contribution in [0.4, 0.5) is 28.4 Å². The minimum atomic E-state index is 0.258. The third-order valence-corrected chi connectivity index (χ3v) is 14.1. The molecule has 2 unspecified atom stereocenters. The average molecular weight is 882 g/mol. The highest BCUT2D eigenvalue weighted by Crippen LogP contribution is 2.48. The predicted molar refractivity (Wildman–Crippen MR) is 291 cm³/mol. The fourth-order valence-corrected chi connectivity index (χ4v) is 10.8. The first-order valence-corrected chi connectivity index (χ1v) is 23.9. The van der Waals surface area contributed by atoms with Gasteiger partial charge in [0.05, 0.1) is 17.1 Å². The number of benzene rings is 10. The van der Waals surface area contributed by atoms with Crippen LogP contribution in [0.3, 0.4) is 0 Å². The molecule has 3 nitrogen and oxygen atoms in total. The molecule has 0 amide bonds. The van der Waals surface area contributed by atoms with Gasteiger partial charge in [0.2, 0.25) is 0 Å². The molecule has 0 spiro atoms. The number of hydrogen-bond donors (Lipinski definition) is 0. The highest BCUT2D eigenvalue weighted by Gasteiger charge is 2.37. The van der Waals surface area contributed by atoms with Gasteiger partial charge in [-0.25, -0.2) is 0 Å². The van der Waals surface area contributed by atoms with Crippen molar-refractivity contribution < 1.29 is 0 Å². The van der Waals surface area contributed by atoms with Crippen molar-refractivity contribution in [3.63, 3.8) is 0 Å². The van der Waals surface area contributed by atoms with E-state index in [1.165, 1.54) is 77.7 Å². The highest BCUT2D eigenvalue weighted by atomic mass is 15.2. The zero-order valence-electron chi connectivity index (χ0n) is 38.0. The average Bonchev–Trinajstić information content (AvgIpc) is 3.95. The minimum absolute atomic E-state index is 0.258. The van der Waals surface area contributed by atoms with Crippen LogP contribution in [0.5, 0.6) is 0 Å². The third kappa shape index (κ3) is 7.24. The summed E-state index contributed by atoms with van der Waals surface area (Å²) in [6, 6.07) is 91.0. The monoisotopic (exact) mass is 881 g/mol. The Bertz CT molecular complexity index is 3680. The fraction of sp³-hybridized carbons (Fsp3) is 0.0303. The zero-order chi connectivity index (χ0) is 45.7. The van der Waals surface area contributed by atoms with Crippen LogP contribution in [0.25, 0.3) is 72.0 Å². The molecular formula is C66H47N3. The van der Waals surface area contributed by atoms with Crippen LogP contribution in [0.2, 0.25) is 0 Å². The fourth-order valence-electron chi connectivity index (χ4n) is 10.8. The van der Waals surface area contributed by atoms with E-state index in [2.05, 4.69) is 287 Å². The molecule has 326 valence electrons. The molecule has 2 atom stereocenters. The molecule has 0 saturated heterocycles. The maximum Gasteiger partial charge on any atom is 0.0629 e. The summed E-state index contributed by atoms with van der Waals surface area (Å²) in [6.45, 7) is 0. The maximum atomic E-state index is 2.51. The maximum absolute atomic E-state index is 2.51. The second-order valence-electron chi connectivity index (χ2n) is 18.1. The van der Waals surface area contributed by atoms with Crippen molar-refractivity contribution >= 4 is 50.2 Å². The molecule has 0 bridgehead atoms. The van der Waals surface area contributed by atoms with Gasteiger partial charge in [-0.3, -0.25) is 0 Å². The Labute approximate surface area is 403 Å². The van der Waals surface area contributed by atoms with Gasteiger partial charge >= 0.3 is 0 Å². The molecule has 11 aromatic rings. The minimum Gasteiger partial charge on any atom is -0.333 e. The van der Waals surface area contributed by atoms with Crippen molar-refractivity contribution in [2.75, 3.05) is 9.80 Å². The summed E-state index contributed by atoms with van der Waals surface area (Å²) in [6.07, 6.45) is 9.05. The summed E-state index contributed by atoms with van der Waals surface area (Å²) >= 11 is 0. The number of allylic oxidation sites excluding steroid dienone is 2. The van der Waals surface area contributed by atoms with E-state index in [1.54, 1.807) is 0 Å². The van der Waals surface area contributed by atoms with Crippen molar-refractivity contribution in [3.8, 4) is 50.2 Å². The smallest absolute Gasteiger partial charge is 0.0629 e. The number of aromatic nitrogens is 1. The number of nitrogens with zero attached hydrogens (tertiary/aromatic N) is 3. The second kappa shape index (κ2) is 17.1. The van der Waals surface area contributed by atoms with Crippen molar-refractivity contribution in [2.24, 2.45) is 0 Å². The summed E-state index contributed by atoms with van der Waals surface area (Å²) in [5.41, 5.74) is 20.2. The van der Waals surface area contributed by atoms with Gasteiger partial charge in [-0.2, -0.15) is 0 Å². The Morgan fingerprint density at radius 1 is 0.319 bits per heavy atom. The van der Waals surface area contributed by atoms with Gasteiger partial charge in [-0.1, -0.05) is 188 Å². The number of rotatable bonds is 9. The topological polar surface area (TPSA) is 11.4 Å². The molecular weight excluding hydrogens is 835 g/mol. The second-order valence-corrected chi connectivity index (χ2v) is 18.1. The summed E-state index contributed by atoms with van der Waals surface area (Å²) in [7, 11) is 0. The van der Waals surface area contributed by atoms with Gasteiger partial charge in [-0.05, 0) is 135 Å². The molecule has 0 fully saturated rings. The Hall–Kier alpha value is -8.92. The lowest BCUT2D eigenvalue weighted by atomic mass is 9.91. The number of anilines is 5. The normalized spacial score (nSPS) is 14.8. The van der Waals surface area contributed by atoms with Gasteiger partial charge in [0.25, 0.3) is 0 Å². The first-order chi connectivity index (χ1) is 34.2. The Kier molecular flexibility index (Phi) is 9.98. The van der Waals surface area contributed by atoms with Gasteiger partial charge in [0.1, 0.15) is 0 Å². The molecule has 1 aliphatic carbocycles. The van der Waals surface area contributed by atoms with Gasteiger partial charge in [-0.15, -0.1) is 0 Å². The quantitative estimate of drug-likeness (QED) is 0.143. The molecule has 1 aliphatic heterocycles. The van der Waals surface area contributed by atoms with Crippen molar-refractivity contribution in [2.45, 2.75) is 12.0 Å². The lowest BCUT2D eigenvalue weighted by Crippen LogP contribution is -2.28. The van der Waals surface area contributed by atoms with Crippen LogP contribution >= 0.6 is 0 Å². The number of hydrogen-bond acceptors (Lipinski definition) is 2. The summed E-state index contributed by atoms with van der Waals surface area (Å²) in [4.78, 5) is 4.87. The molecule has 0 saturated carbocycles. The van der Waals surface area contributed by atoms with Gasteiger partial charge in [0.15, 0.2) is 0 Å². The summed E-state index contributed by atoms with van der Waals surface area (Å²) in [5.74, 6) is 0.346. The van der Waals surface area contributed by atoms with Crippen LogP contribution in [-0.4, -0.2) is 10.6 Å². The van der Waals surface area contributed by atoms with E-state index >= 15 is 0 Å². The molecule has 3 heteroatoms. The van der Waals surface area contributed by atoms with Crippen molar-refractivity contribution in [1.29, 1.82) is 0 Å². The largest absolute Gasteiger partial charge is 0.333 e. The first kappa shape index (κ1) is 40.4. The van der Waals surface area contributed by atoms with E-state index in [0.717, 1.165) is 28.3 Å². The summed E-state index contributed by atoms with van der Waals surface area (Å²) < 4.78 is 2.39. The van der Waals surface area contributed by atoms with Gasteiger partial charge < -0.3 is 14.4 Å². The van der Waals surface area contributed by atoms with E-state index in [1.807, 2.05) is 0 Å². The van der Waals surface area contributed by atoms with Crippen molar-refractivity contribution in [1.82, 2.24) is 4.57 Å². The SMILES string of the molecule is C1=CC2c3ccccc3N(c3cccc(-c4ccc(N(c5ccc(-c6cccc(-c7ccccc7)c6)cc5)c5ccc(-c6cccc(-n7c8ccccc8c8ccccc87)c6)cc5)cc4)c3)C2C=C1. The van der Waals surface area contributed by atoms with Crippen LogP contribution < -0.4 is 9.80 Å². The number of para-hydroxylation sites is 3. The summed E-state index contributed by atoms with van der Waals surface area (Å²) in [5, 5.41) is 2.53. The molecule has 69 heavy (non-hydrogen) atoms. The van der Waals surface area contributed by atoms with E-state index in [9.17, 15) is 0 Å². The number of fused-ring (bicyclic) bond motifs is 6. The molecule has 0 radical (unpaired) electrons. The molecule has 0 N–H and O–H groups in total. The predicted octanol–water partition coefficient (Wildman–Crippen LogP) is 17.7. The lowest BCUT2D eigenvalue weighted by Gasteiger charge is -2.29. The van der Waals surface area contributed by atoms with E-state index in [4.69, 9.17) is 0 Å². The van der Waals surface area contributed by atoms with E-state index in [-0.39, 0.29) is 6.04 Å². The van der Waals surface area contributed by atoms with Crippen LogP contribution in [-0.2, 0) is 0 Å². The standard InChI is InChI=1S/C66H47N3/c1-2-15-46(16-3-1)50-17-12-18-51(43-50)47-31-37-54(38-32-47)67(55-39-33-48(34-40-55)52-19-13-21-57(44-52)68-63-27-8-4-23-59(63)60-24-5-9-28-64(60)68)56-41-35-49(36-42-56)53-20-14-22-58(45-53)69-65-29-10-6-25-61(65)62-26-7-11-30-66(62)69/h1-45,59,63H. The Morgan fingerprint density at radius 2 is 0.754 bits per heavy atom. The lowest BCUT2D eigenvalue weighted by molar-refractivity contribution is 0.745. The van der Waals surface area contributed by atoms with E-state index in [0.29, 0.717) is 5.92 Å². The third-order valence-electron chi connectivity index (χ3n) is 14.1. The Morgan fingerprint density at radius 3 is 1.35 bits per heavy atom. The highest BCUT2D eigenvalue weighted by molar-refractivity contribution is 6.09. The van der Waals surface area contributed by atoms with Crippen LogP contribution in [0, 0.1) is 0 Å². The first-order valence-electron chi connectivity index (χ1n) is 23.9. The zero-order valence-corrected chi connectivity index (χ0v) is 38.0. The molecule has 13 rings (SSSR count). The molecule has 2 heterocycles. The van der Waals surface area contributed by atoms with Crippen molar-refractivity contribution in [3.05, 3.63) is 279 Å². The molecule has 1 aromatic heterocycles. The van der Waals surface area contributed by atoms with E-state index < -0.39 is 0 Å².